The van der Waals surface area contributed by atoms with Crippen LogP contribution in [0.1, 0.15) is 17.0 Å². The number of nitrogens with one attached hydrogen (secondary N) is 2. The highest BCUT2D eigenvalue weighted by molar-refractivity contribution is 5.75. The van der Waals surface area contributed by atoms with Crippen molar-refractivity contribution in [1.82, 2.24) is 25.6 Å². The maximum absolute atomic E-state index is 12.4. The monoisotopic (exact) mass is 323 g/mol. The van der Waals surface area contributed by atoms with Gasteiger partial charge in [0.25, 0.3) is 0 Å². The van der Waals surface area contributed by atoms with Gasteiger partial charge >= 0.3 is 6.03 Å². The molecule has 0 fully saturated rings. The van der Waals surface area contributed by atoms with Crippen LogP contribution in [0, 0.1) is 0 Å². The van der Waals surface area contributed by atoms with E-state index in [0.717, 1.165) is 28.9 Å². The Balaban J connectivity index is 1.49. The fraction of sp³-hybridized carbons (Fsp3) is 0.235. The van der Waals surface area contributed by atoms with Gasteiger partial charge in [0.05, 0.1) is 18.8 Å². The van der Waals surface area contributed by atoms with Crippen LogP contribution in [0.25, 0.3) is 11.3 Å². The Bertz CT molecular complexity index is 826. The minimum Gasteiger partial charge on any atom is -0.364 e. The number of urea groups is 1. The Hall–Kier alpha value is -3.09. The molecule has 3 heterocycles. The number of amides is 2. The molecule has 7 heteroatoms. The van der Waals surface area contributed by atoms with Crippen molar-refractivity contribution in [3.63, 3.8) is 0 Å². The first-order valence-electron chi connectivity index (χ1n) is 7.85. The molecule has 7 nitrogen and oxygen atoms in total. The molecule has 0 aliphatic carbocycles. The summed E-state index contributed by atoms with van der Waals surface area (Å²) in [5, 5.41) is 14.2. The number of nitrogens with zero attached hydrogens (tertiary/aromatic N) is 3. The number of hydrogen-bond acceptors (Lipinski definition) is 4. The molecule has 0 atom stereocenters. The van der Waals surface area contributed by atoms with Gasteiger partial charge in [0.1, 0.15) is 12.0 Å². The minimum absolute atomic E-state index is 0.108. The Morgan fingerprint density at radius 3 is 2.96 bits per heavy atom. The van der Waals surface area contributed by atoms with Gasteiger partial charge in [0.15, 0.2) is 0 Å². The maximum atomic E-state index is 12.4. The van der Waals surface area contributed by atoms with Gasteiger partial charge in [-0.25, -0.2) is 4.79 Å². The van der Waals surface area contributed by atoms with E-state index in [9.17, 15) is 4.79 Å². The molecule has 4 rings (SSSR count). The first-order chi connectivity index (χ1) is 11.8. The zero-order valence-corrected chi connectivity index (χ0v) is 13.0. The molecule has 0 bridgehead atoms. The molecule has 2 amide bonds. The predicted molar refractivity (Wildman–Crippen MR) is 86.9 cm³/mol. The highest BCUT2D eigenvalue weighted by Crippen LogP contribution is 2.28. The highest BCUT2D eigenvalue weighted by Gasteiger charge is 2.25. The summed E-state index contributed by atoms with van der Waals surface area (Å²) in [6, 6.07) is 11.6. The predicted octanol–water partition coefficient (Wildman–Crippen LogP) is 2.33. The van der Waals surface area contributed by atoms with Crippen LogP contribution in [-0.4, -0.2) is 32.8 Å². The number of H-pyrrole nitrogens is 1. The topological polar surface area (TPSA) is 87.0 Å². The summed E-state index contributed by atoms with van der Waals surface area (Å²) in [7, 11) is 0. The summed E-state index contributed by atoms with van der Waals surface area (Å²) in [4.78, 5) is 14.2. The lowest BCUT2D eigenvalue weighted by atomic mass is 10.0. The summed E-state index contributed by atoms with van der Waals surface area (Å²) in [5.74, 6) is 0. The summed E-state index contributed by atoms with van der Waals surface area (Å²) < 4.78 is 4.77. The maximum Gasteiger partial charge on any atom is 0.318 e. The SMILES string of the molecule is O=C(NCc1ccon1)N1CCc2[nH]nc(-c3ccccc3)c2C1. The Labute approximate surface area is 138 Å². The second-order valence-electron chi connectivity index (χ2n) is 5.72. The van der Waals surface area contributed by atoms with E-state index in [1.807, 2.05) is 30.3 Å². The van der Waals surface area contributed by atoms with Crippen molar-refractivity contribution >= 4 is 6.03 Å². The lowest BCUT2D eigenvalue weighted by Crippen LogP contribution is -2.42. The van der Waals surface area contributed by atoms with Gasteiger partial charge in [-0.05, 0) is 0 Å². The molecule has 0 unspecified atom stereocenters. The van der Waals surface area contributed by atoms with E-state index in [1.165, 1.54) is 6.26 Å². The molecule has 1 aromatic carbocycles. The molecule has 1 aliphatic rings. The van der Waals surface area contributed by atoms with Crippen molar-refractivity contribution in [3.05, 3.63) is 59.6 Å². The number of carbonyl (C=O) groups excluding carboxylic acids is 1. The third-order valence-corrected chi connectivity index (χ3v) is 4.18. The number of carbonyl (C=O) groups is 1. The first-order valence-corrected chi connectivity index (χ1v) is 7.85. The number of aromatic nitrogens is 3. The van der Waals surface area contributed by atoms with E-state index in [0.29, 0.717) is 25.3 Å². The van der Waals surface area contributed by atoms with Crippen molar-refractivity contribution in [2.24, 2.45) is 0 Å². The van der Waals surface area contributed by atoms with Crippen molar-refractivity contribution in [3.8, 4) is 11.3 Å². The molecule has 1 aliphatic heterocycles. The van der Waals surface area contributed by atoms with E-state index in [-0.39, 0.29) is 6.03 Å². The van der Waals surface area contributed by atoms with Gasteiger partial charge in [0.2, 0.25) is 0 Å². The average molecular weight is 323 g/mol. The molecule has 0 radical (unpaired) electrons. The van der Waals surface area contributed by atoms with Crippen LogP contribution in [0.3, 0.4) is 0 Å². The summed E-state index contributed by atoms with van der Waals surface area (Å²) in [6.07, 6.45) is 2.26. The third-order valence-electron chi connectivity index (χ3n) is 4.18. The fourth-order valence-corrected chi connectivity index (χ4v) is 2.91. The number of fused-ring (bicyclic) bond motifs is 1. The highest BCUT2D eigenvalue weighted by atomic mass is 16.5. The molecule has 0 saturated carbocycles. The molecule has 122 valence electrons. The standard InChI is InChI=1S/C17H17N5O2/c23-17(18-10-13-7-9-24-21-13)22-8-6-15-14(11-22)16(20-19-15)12-4-2-1-3-5-12/h1-5,7,9H,6,8,10-11H2,(H,18,23)(H,19,20). The van der Waals surface area contributed by atoms with Crippen molar-refractivity contribution in [2.45, 2.75) is 19.5 Å². The van der Waals surface area contributed by atoms with Gasteiger partial charge in [-0.3, -0.25) is 5.10 Å². The summed E-state index contributed by atoms with van der Waals surface area (Å²) in [5.41, 5.74) is 4.87. The zero-order chi connectivity index (χ0) is 16.4. The van der Waals surface area contributed by atoms with Gasteiger partial charge < -0.3 is 14.7 Å². The first kappa shape index (κ1) is 14.5. The van der Waals surface area contributed by atoms with E-state index < -0.39 is 0 Å². The Morgan fingerprint density at radius 1 is 1.29 bits per heavy atom. The average Bonchev–Trinajstić information content (AvgIpc) is 3.29. The zero-order valence-electron chi connectivity index (χ0n) is 13.0. The number of hydrogen-bond donors (Lipinski definition) is 2. The molecule has 0 spiro atoms. The number of rotatable bonds is 3. The molecule has 3 aromatic rings. The molecule has 2 aromatic heterocycles. The van der Waals surface area contributed by atoms with Gasteiger partial charge in [-0.2, -0.15) is 5.10 Å². The van der Waals surface area contributed by atoms with E-state index in [4.69, 9.17) is 4.52 Å². The minimum atomic E-state index is -0.108. The quantitative estimate of drug-likeness (QED) is 0.774. The molecule has 0 saturated heterocycles. The van der Waals surface area contributed by atoms with E-state index >= 15 is 0 Å². The fourth-order valence-electron chi connectivity index (χ4n) is 2.91. The van der Waals surface area contributed by atoms with Gasteiger partial charge in [-0.1, -0.05) is 35.5 Å². The molecular formula is C17H17N5O2. The van der Waals surface area contributed by atoms with Crippen LogP contribution in [-0.2, 0) is 19.5 Å². The second-order valence-corrected chi connectivity index (χ2v) is 5.72. The Kier molecular flexibility index (Phi) is 3.74. The lowest BCUT2D eigenvalue weighted by Gasteiger charge is -2.27. The smallest absolute Gasteiger partial charge is 0.318 e. The largest absolute Gasteiger partial charge is 0.364 e. The lowest BCUT2D eigenvalue weighted by molar-refractivity contribution is 0.191. The van der Waals surface area contributed by atoms with Gasteiger partial charge in [0, 0.05) is 35.9 Å². The van der Waals surface area contributed by atoms with Crippen LogP contribution in [0.2, 0.25) is 0 Å². The number of benzene rings is 1. The van der Waals surface area contributed by atoms with Crippen molar-refractivity contribution in [1.29, 1.82) is 0 Å². The van der Waals surface area contributed by atoms with E-state index in [1.54, 1.807) is 11.0 Å². The normalized spacial score (nSPS) is 13.6. The van der Waals surface area contributed by atoms with Crippen molar-refractivity contribution < 1.29 is 9.32 Å². The van der Waals surface area contributed by atoms with Gasteiger partial charge in [-0.15, -0.1) is 0 Å². The third kappa shape index (κ3) is 2.76. The van der Waals surface area contributed by atoms with Crippen LogP contribution in [0.15, 0.2) is 47.2 Å². The molecule has 2 N–H and O–H groups in total. The summed E-state index contributed by atoms with van der Waals surface area (Å²) >= 11 is 0. The van der Waals surface area contributed by atoms with Crippen LogP contribution in [0.4, 0.5) is 4.79 Å². The number of aromatic amines is 1. The Morgan fingerprint density at radius 2 is 2.17 bits per heavy atom. The van der Waals surface area contributed by atoms with E-state index in [2.05, 4.69) is 20.7 Å². The second kappa shape index (κ2) is 6.19. The van der Waals surface area contributed by atoms with Crippen molar-refractivity contribution in [2.75, 3.05) is 6.54 Å². The van der Waals surface area contributed by atoms with Crippen LogP contribution in [0.5, 0.6) is 0 Å². The van der Waals surface area contributed by atoms with Crippen LogP contribution < -0.4 is 5.32 Å². The summed E-state index contributed by atoms with van der Waals surface area (Å²) in [6.45, 7) is 1.56. The van der Waals surface area contributed by atoms with Crippen LogP contribution >= 0.6 is 0 Å². The molecular weight excluding hydrogens is 306 g/mol. The molecule has 24 heavy (non-hydrogen) atoms.